The highest BCUT2D eigenvalue weighted by molar-refractivity contribution is 6.05. The van der Waals surface area contributed by atoms with Crippen molar-refractivity contribution in [3.63, 3.8) is 0 Å². The first-order valence-electron chi connectivity index (χ1n) is 7.50. The van der Waals surface area contributed by atoms with Crippen LogP contribution in [0.1, 0.15) is 41.4 Å². The van der Waals surface area contributed by atoms with Crippen LogP contribution >= 0.6 is 0 Å². The molecule has 11 heteroatoms. The second kappa shape index (κ2) is 7.86. The van der Waals surface area contributed by atoms with Gasteiger partial charge in [0.15, 0.2) is 0 Å². The number of rotatable bonds is 4. The molecule has 0 aliphatic heterocycles. The third-order valence-electron chi connectivity index (χ3n) is 3.47. The van der Waals surface area contributed by atoms with E-state index in [0.717, 1.165) is 24.3 Å². The average Bonchev–Trinajstić information content (AvgIpc) is 2.65. The summed E-state index contributed by atoms with van der Waals surface area (Å²) in [6, 6.07) is 6.20. The van der Waals surface area contributed by atoms with E-state index in [1.54, 1.807) is 0 Å². The molecule has 0 atom stereocenters. The zero-order valence-electron chi connectivity index (χ0n) is 13.9. The number of carbonyl (C=O) groups is 4. The first-order chi connectivity index (χ1) is 13.3. The number of esters is 2. The van der Waals surface area contributed by atoms with Crippen molar-refractivity contribution >= 4 is 23.5 Å². The van der Waals surface area contributed by atoms with E-state index in [0.29, 0.717) is 24.3 Å². The van der Waals surface area contributed by atoms with Crippen molar-refractivity contribution in [3.8, 4) is 0 Å². The van der Waals surface area contributed by atoms with E-state index in [9.17, 15) is 45.5 Å². The summed E-state index contributed by atoms with van der Waals surface area (Å²) in [6.07, 6.45) is -10.2. The monoisotopic (exact) mass is 418 g/mol. The van der Waals surface area contributed by atoms with Crippen LogP contribution in [0.3, 0.4) is 0 Å². The molecule has 0 radical (unpaired) electrons. The average molecular weight is 418 g/mol. The summed E-state index contributed by atoms with van der Waals surface area (Å²) < 4.78 is 78.4. The van der Waals surface area contributed by atoms with Gasteiger partial charge in [0, 0.05) is 11.1 Å². The number of Topliss-reactive ketones (excluding diaryl/α,β-unsaturated/α-hetero) is 2. The van der Waals surface area contributed by atoms with Gasteiger partial charge in [0.2, 0.25) is 0 Å². The van der Waals surface area contributed by atoms with Crippen molar-refractivity contribution in [2.45, 2.75) is 12.4 Å². The predicted molar refractivity (Wildman–Crippen MR) is 83.4 cm³/mol. The van der Waals surface area contributed by atoms with Gasteiger partial charge in [-0.1, -0.05) is 24.3 Å². The molecule has 0 aromatic heterocycles. The van der Waals surface area contributed by atoms with Crippen molar-refractivity contribution in [1.29, 1.82) is 0 Å². The highest BCUT2D eigenvalue weighted by atomic mass is 19.4. The van der Waals surface area contributed by atoms with Gasteiger partial charge in [-0.15, -0.1) is 0 Å². The maximum atomic E-state index is 12.3. The van der Waals surface area contributed by atoms with Gasteiger partial charge in [-0.3, -0.25) is 9.59 Å². The lowest BCUT2D eigenvalue weighted by molar-refractivity contribution is -0.0888. The van der Waals surface area contributed by atoms with Crippen LogP contribution in [0.5, 0.6) is 0 Å². The Balaban J connectivity index is 2.08. The summed E-state index contributed by atoms with van der Waals surface area (Å²) in [5, 5.41) is 0. The van der Waals surface area contributed by atoms with Gasteiger partial charge >= 0.3 is 24.3 Å². The molecule has 0 N–H and O–H groups in total. The molecule has 29 heavy (non-hydrogen) atoms. The summed E-state index contributed by atoms with van der Waals surface area (Å²) >= 11 is 0. The van der Waals surface area contributed by atoms with Crippen LogP contribution < -0.4 is 0 Å². The molecule has 0 aliphatic carbocycles. The van der Waals surface area contributed by atoms with Crippen molar-refractivity contribution in [1.82, 2.24) is 0 Å². The molecule has 5 nitrogen and oxygen atoms in total. The molecule has 2 rings (SSSR count). The van der Waals surface area contributed by atoms with Crippen molar-refractivity contribution < 1.29 is 50.3 Å². The number of ether oxygens (including phenoxy) is 1. The summed E-state index contributed by atoms with van der Waals surface area (Å²) in [5.74, 6) is -6.78. The molecule has 2 aromatic carbocycles. The van der Waals surface area contributed by atoms with E-state index in [-0.39, 0.29) is 11.1 Å². The zero-order chi connectivity index (χ0) is 22.0. The molecule has 152 valence electrons. The SMILES string of the molecule is O=C(OC(=O)c1ccc(C(=O)C(F)(F)F)cc1)c1ccc(C(=O)C(F)(F)F)cc1. The Hall–Kier alpha value is -3.50. The lowest BCUT2D eigenvalue weighted by atomic mass is 10.1. The third-order valence-corrected chi connectivity index (χ3v) is 3.47. The van der Waals surface area contributed by atoms with Crippen LogP contribution in [-0.2, 0) is 4.74 Å². The second-order valence-electron chi connectivity index (χ2n) is 5.49. The van der Waals surface area contributed by atoms with Gasteiger partial charge < -0.3 is 4.74 Å². The smallest absolute Gasteiger partial charge is 0.386 e. The molecule has 0 unspecified atom stereocenters. The molecule has 0 amide bonds. The predicted octanol–water partition coefficient (Wildman–Crippen LogP) is 4.17. The van der Waals surface area contributed by atoms with Gasteiger partial charge in [-0.05, 0) is 24.3 Å². The summed E-state index contributed by atoms with van der Waals surface area (Å²) in [5.41, 5.74) is -2.16. The Morgan fingerprint density at radius 1 is 0.517 bits per heavy atom. The normalized spacial score (nSPS) is 11.7. The lowest BCUT2D eigenvalue weighted by Crippen LogP contribution is -2.23. The Kier molecular flexibility index (Phi) is 5.90. The molecular formula is C18H8F6O5. The van der Waals surface area contributed by atoms with Crippen LogP contribution in [0, 0.1) is 0 Å². The van der Waals surface area contributed by atoms with Crippen LogP contribution in [-0.4, -0.2) is 35.9 Å². The van der Waals surface area contributed by atoms with E-state index in [2.05, 4.69) is 4.74 Å². The summed E-state index contributed by atoms with van der Waals surface area (Å²) in [4.78, 5) is 45.8. The minimum absolute atomic E-state index is 0.346. The maximum absolute atomic E-state index is 12.3. The van der Waals surface area contributed by atoms with Gasteiger partial charge in [0.1, 0.15) is 0 Å². The van der Waals surface area contributed by atoms with Crippen molar-refractivity contribution in [2.24, 2.45) is 0 Å². The number of carbonyl (C=O) groups excluding carboxylic acids is 4. The Labute approximate surface area is 157 Å². The molecule has 0 fully saturated rings. The molecular weight excluding hydrogens is 410 g/mol. The van der Waals surface area contributed by atoms with Gasteiger partial charge in [-0.2, -0.15) is 26.3 Å². The van der Waals surface area contributed by atoms with E-state index in [4.69, 9.17) is 0 Å². The molecule has 2 aromatic rings. The third kappa shape index (κ3) is 5.27. The lowest BCUT2D eigenvalue weighted by Gasteiger charge is -2.07. The summed E-state index contributed by atoms with van der Waals surface area (Å²) in [7, 11) is 0. The van der Waals surface area contributed by atoms with Gasteiger partial charge in [0.05, 0.1) is 11.1 Å². The van der Waals surface area contributed by atoms with Gasteiger partial charge in [-0.25, -0.2) is 9.59 Å². The number of ketones is 2. The first kappa shape index (κ1) is 21.8. The highest BCUT2D eigenvalue weighted by Crippen LogP contribution is 2.23. The largest absolute Gasteiger partial charge is 0.454 e. The molecule has 0 spiro atoms. The van der Waals surface area contributed by atoms with Crippen molar-refractivity contribution in [2.75, 3.05) is 0 Å². The molecule has 0 saturated heterocycles. The van der Waals surface area contributed by atoms with Crippen LogP contribution in [0.4, 0.5) is 26.3 Å². The van der Waals surface area contributed by atoms with Crippen LogP contribution in [0.25, 0.3) is 0 Å². The Morgan fingerprint density at radius 2 is 0.759 bits per heavy atom. The number of alkyl halides is 6. The topological polar surface area (TPSA) is 77.5 Å². The molecule has 0 aliphatic rings. The fraction of sp³-hybridized carbons (Fsp3) is 0.111. The molecule has 0 bridgehead atoms. The fourth-order valence-electron chi connectivity index (χ4n) is 2.04. The second-order valence-corrected chi connectivity index (χ2v) is 5.49. The number of hydrogen-bond donors (Lipinski definition) is 0. The van der Waals surface area contributed by atoms with E-state index in [1.807, 2.05) is 0 Å². The van der Waals surface area contributed by atoms with E-state index < -0.39 is 47.0 Å². The van der Waals surface area contributed by atoms with E-state index >= 15 is 0 Å². The Bertz CT molecular complexity index is 877. The number of benzene rings is 2. The highest BCUT2D eigenvalue weighted by Gasteiger charge is 2.40. The van der Waals surface area contributed by atoms with Gasteiger partial charge in [0.25, 0.3) is 11.6 Å². The fourth-order valence-corrected chi connectivity index (χ4v) is 2.04. The quantitative estimate of drug-likeness (QED) is 0.322. The van der Waals surface area contributed by atoms with Crippen LogP contribution in [0.2, 0.25) is 0 Å². The summed E-state index contributed by atoms with van der Waals surface area (Å²) in [6.45, 7) is 0. The Morgan fingerprint density at radius 3 is 1.00 bits per heavy atom. The zero-order valence-corrected chi connectivity index (χ0v) is 13.9. The van der Waals surface area contributed by atoms with E-state index in [1.165, 1.54) is 0 Å². The standard InChI is InChI=1S/C18H8F6O5/c19-17(20,21)13(25)9-1-5-11(6-2-9)15(27)29-16(28)12-7-3-10(4-8-12)14(26)18(22,23)24/h1-8H. The first-order valence-corrected chi connectivity index (χ1v) is 7.50. The number of hydrogen-bond acceptors (Lipinski definition) is 5. The minimum atomic E-state index is -5.10. The number of halogens is 6. The molecule has 0 heterocycles. The molecule has 0 saturated carbocycles. The van der Waals surface area contributed by atoms with Crippen molar-refractivity contribution in [3.05, 3.63) is 70.8 Å². The van der Waals surface area contributed by atoms with Crippen LogP contribution in [0.15, 0.2) is 48.5 Å². The maximum Gasteiger partial charge on any atom is 0.454 e. The minimum Gasteiger partial charge on any atom is -0.386 e.